The number of aromatic nitrogens is 1. The van der Waals surface area contributed by atoms with Crippen molar-refractivity contribution in [3.8, 4) is 0 Å². The molecule has 0 saturated heterocycles. The second kappa shape index (κ2) is 8.19. The van der Waals surface area contributed by atoms with E-state index in [4.69, 9.17) is 5.11 Å². The number of hydrogen-bond donors (Lipinski definition) is 2. The minimum absolute atomic E-state index is 0.00314. The van der Waals surface area contributed by atoms with E-state index in [9.17, 15) is 9.50 Å². The zero-order valence-electron chi connectivity index (χ0n) is 11.6. The molecular weight excluding hydrogens is 247 g/mol. The first-order chi connectivity index (χ1) is 9.08. The summed E-state index contributed by atoms with van der Waals surface area (Å²) in [5, 5.41) is 19.0. The van der Waals surface area contributed by atoms with Gasteiger partial charge in [0.15, 0.2) is 0 Å². The SMILES string of the molecule is CCN(CCCO)CC(C)C(O)c1ccc(F)cn1. The van der Waals surface area contributed by atoms with Crippen LogP contribution in [0.5, 0.6) is 0 Å². The predicted octanol–water partition coefficient (Wildman–Crippen LogP) is 1.59. The monoisotopic (exact) mass is 270 g/mol. The Bertz CT molecular complexity index is 359. The van der Waals surface area contributed by atoms with E-state index in [1.165, 1.54) is 12.1 Å². The van der Waals surface area contributed by atoms with E-state index in [0.29, 0.717) is 5.69 Å². The third kappa shape index (κ3) is 5.22. The van der Waals surface area contributed by atoms with Crippen molar-refractivity contribution < 1.29 is 14.6 Å². The van der Waals surface area contributed by atoms with Gasteiger partial charge in [-0.1, -0.05) is 13.8 Å². The van der Waals surface area contributed by atoms with Crippen molar-refractivity contribution in [2.45, 2.75) is 26.4 Å². The molecule has 0 saturated carbocycles. The second-order valence-corrected chi connectivity index (χ2v) is 4.79. The molecule has 1 aromatic rings. The molecule has 0 fully saturated rings. The van der Waals surface area contributed by atoms with Crippen LogP contribution in [0.3, 0.4) is 0 Å². The molecule has 1 rings (SSSR count). The summed E-state index contributed by atoms with van der Waals surface area (Å²) in [7, 11) is 0. The van der Waals surface area contributed by atoms with Crippen molar-refractivity contribution in [3.63, 3.8) is 0 Å². The molecule has 0 spiro atoms. The van der Waals surface area contributed by atoms with Gasteiger partial charge in [0.2, 0.25) is 0 Å². The molecule has 0 radical (unpaired) electrons. The number of nitrogens with zero attached hydrogens (tertiary/aromatic N) is 2. The Hall–Kier alpha value is -1.04. The van der Waals surface area contributed by atoms with Crippen LogP contribution in [0.4, 0.5) is 4.39 Å². The van der Waals surface area contributed by atoms with Gasteiger partial charge >= 0.3 is 0 Å². The van der Waals surface area contributed by atoms with Crippen LogP contribution in [0.15, 0.2) is 18.3 Å². The van der Waals surface area contributed by atoms with Gasteiger partial charge in [-0.3, -0.25) is 4.98 Å². The molecule has 108 valence electrons. The standard InChI is InChI=1S/C14H23FN2O2/c1-3-17(7-4-8-18)10-11(2)14(19)13-6-5-12(15)9-16-13/h5-6,9,11,14,18-19H,3-4,7-8,10H2,1-2H3. The highest BCUT2D eigenvalue weighted by Gasteiger charge is 2.19. The van der Waals surface area contributed by atoms with Gasteiger partial charge in [0.25, 0.3) is 0 Å². The molecule has 0 aliphatic heterocycles. The maximum atomic E-state index is 12.8. The quantitative estimate of drug-likeness (QED) is 0.753. The van der Waals surface area contributed by atoms with Crippen LogP contribution in [-0.4, -0.2) is 46.3 Å². The van der Waals surface area contributed by atoms with Gasteiger partial charge in [-0.2, -0.15) is 0 Å². The van der Waals surface area contributed by atoms with Crippen LogP contribution in [0, 0.1) is 11.7 Å². The van der Waals surface area contributed by atoms with E-state index in [1.54, 1.807) is 0 Å². The summed E-state index contributed by atoms with van der Waals surface area (Å²) in [4.78, 5) is 6.09. The van der Waals surface area contributed by atoms with Crippen molar-refractivity contribution in [3.05, 3.63) is 29.8 Å². The number of aliphatic hydroxyl groups is 2. The lowest BCUT2D eigenvalue weighted by molar-refractivity contribution is 0.0840. The Morgan fingerprint density at radius 3 is 2.68 bits per heavy atom. The lowest BCUT2D eigenvalue weighted by Crippen LogP contribution is -2.32. The van der Waals surface area contributed by atoms with Gasteiger partial charge in [0, 0.05) is 25.6 Å². The minimum Gasteiger partial charge on any atom is -0.396 e. The highest BCUT2D eigenvalue weighted by atomic mass is 19.1. The Kier molecular flexibility index (Phi) is 6.91. The van der Waals surface area contributed by atoms with Crippen molar-refractivity contribution in [1.82, 2.24) is 9.88 Å². The molecule has 0 bridgehead atoms. The zero-order valence-corrected chi connectivity index (χ0v) is 11.6. The summed E-state index contributed by atoms with van der Waals surface area (Å²) in [5.74, 6) is -0.404. The number of hydrogen-bond acceptors (Lipinski definition) is 4. The minimum atomic E-state index is -0.705. The number of halogens is 1. The smallest absolute Gasteiger partial charge is 0.141 e. The van der Waals surface area contributed by atoms with Crippen molar-refractivity contribution >= 4 is 0 Å². The molecule has 5 heteroatoms. The van der Waals surface area contributed by atoms with Crippen LogP contribution < -0.4 is 0 Å². The maximum Gasteiger partial charge on any atom is 0.141 e. The number of pyridine rings is 1. The van der Waals surface area contributed by atoms with E-state index in [0.717, 1.165) is 32.3 Å². The first-order valence-corrected chi connectivity index (χ1v) is 6.71. The topological polar surface area (TPSA) is 56.6 Å². The Morgan fingerprint density at radius 1 is 1.42 bits per heavy atom. The molecule has 4 nitrogen and oxygen atoms in total. The van der Waals surface area contributed by atoms with Crippen LogP contribution in [0.2, 0.25) is 0 Å². The summed E-state index contributed by atoms with van der Waals surface area (Å²) in [6, 6.07) is 2.82. The van der Waals surface area contributed by atoms with Crippen LogP contribution >= 0.6 is 0 Å². The summed E-state index contributed by atoms with van der Waals surface area (Å²) < 4.78 is 12.8. The average molecular weight is 270 g/mol. The summed E-state index contributed by atoms with van der Waals surface area (Å²) in [6.07, 6.45) is 1.14. The molecule has 1 heterocycles. The van der Waals surface area contributed by atoms with Gasteiger partial charge < -0.3 is 15.1 Å². The summed E-state index contributed by atoms with van der Waals surface area (Å²) in [5.41, 5.74) is 0.493. The van der Waals surface area contributed by atoms with Crippen molar-refractivity contribution in [1.29, 1.82) is 0 Å². The van der Waals surface area contributed by atoms with Gasteiger partial charge in [0.1, 0.15) is 5.82 Å². The highest BCUT2D eigenvalue weighted by molar-refractivity contribution is 5.08. The van der Waals surface area contributed by atoms with Gasteiger partial charge in [-0.15, -0.1) is 0 Å². The fourth-order valence-electron chi connectivity index (χ4n) is 2.03. The normalized spacial score (nSPS) is 14.6. The zero-order chi connectivity index (χ0) is 14.3. The molecule has 19 heavy (non-hydrogen) atoms. The van der Waals surface area contributed by atoms with E-state index in [1.807, 2.05) is 13.8 Å². The summed E-state index contributed by atoms with van der Waals surface area (Å²) in [6.45, 7) is 6.56. The summed E-state index contributed by atoms with van der Waals surface area (Å²) >= 11 is 0. The molecule has 1 aromatic heterocycles. The van der Waals surface area contributed by atoms with Gasteiger partial charge in [-0.25, -0.2) is 4.39 Å². The fourth-order valence-corrected chi connectivity index (χ4v) is 2.03. The third-order valence-corrected chi connectivity index (χ3v) is 3.22. The van der Waals surface area contributed by atoms with Crippen LogP contribution in [-0.2, 0) is 0 Å². The highest BCUT2D eigenvalue weighted by Crippen LogP contribution is 2.21. The van der Waals surface area contributed by atoms with Crippen LogP contribution in [0.1, 0.15) is 32.1 Å². The fraction of sp³-hybridized carbons (Fsp3) is 0.643. The Morgan fingerprint density at radius 2 is 2.16 bits per heavy atom. The second-order valence-electron chi connectivity index (χ2n) is 4.79. The first-order valence-electron chi connectivity index (χ1n) is 6.71. The maximum absolute atomic E-state index is 12.8. The van der Waals surface area contributed by atoms with Crippen molar-refractivity contribution in [2.24, 2.45) is 5.92 Å². The van der Waals surface area contributed by atoms with E-state index < -0.39 is 11.9 Å². The Balaban J connectivity index is 2.55. The molecule has 0 aliphatic carbocycles. The number of aliphatic hydroxyl groups excluding tert-OH is 2. The Labute approximate surface area is 113 Å². The van der Waals surface area contributed by atoms with E-state index in [-0.39, 0.29) is 12.5 Å². The third-order valence-electron chi connectivity index (χ3n) is 3.22. The average Bonchev–Trinajstić information content (AvgIpc) is 2.43. The molecule has 2 N–H and O–H groups in total. The first kappa shape index (κ1) is 16.0. The van der Waals surface area contributed by atoms with Gasteiger partial charge in [-0.05, 0) is 25.1 Å². The van der Waals surface area contributed by atoms with Crippen LogP contribution in [0.25, 0.3) is 0 Å². The molecule has 0 amide bonds. The van der Waals surface area contributed by atoms with Crippen molar-refractivity contribution in [2.75, 3.05) is 26.2 Å². The molecule has 2 unspecified atom stereocenters. The van der Waals surface area contributed by atoms with E-state index in [2.05, 4.69) is 9.88 Å². The molecular formula is C14H23FN2O2. The van der Waals surface area contributed by atoms with E-state index >= 15 is 0 Å². The number of rotatable bonds is 8. The molecule has 2 atom stereocenters. The molecule has 0 aliphatic rings. The predicted molar refractivity (Wildman–Crippen MR) is 72.1 cm³/mol. The lowest BCUT2D eigenvalue weighted by atomic mass is 10.0. The molecule has 0 aromatic carbocycles. The lowest BCUT2D eigenvalue weighted by Gasteiger charge is -2.26. The van der Waals surface area contributed by atoms with Gasteiger partial charge in [0.05, 0.1) is 18.0 Å². The largest absolute Gasteiger partial charge is 0.396 e.